The van der Waals surface area contributed by atoms with Gasteiger partial charge in [0.1, 0.15) is 18.0 Å². The third-order valence-corrected chi connectivity index (χ3v) is 7.41. The Hall–Kier alpha value is -2.73. The fraction of sp³-hybridized carbons (Fsp3) is 0.462. The molecule has 2 aromatic carbocycles. The quantitative estimate of drug-likeness (QED) is 0.735. The zero-order valence-corrected chi connectivity index (χ0v) is 18.3. The third kappa shape index (κ3) is 3.71. The van der Waals surface area contributed by atoms with Crippen molar-refractivity contribution in [2.45, 2.75) is 49.7 Å². The van der Waals surface area contributed by atoms with Crippen molar-refractivity contribution in [2.75, 3.05) is 26.2 Å². The summed E-state index contributed by atoms with van der Waals surface area (Å²) in [6.45, 7) is 2.06. The fourth-order valence-corrected chi connectivity index (χ4v) is 5.73. The highest BCUT2D eigenvalue weighted by molar-refractivity contribution is 5.89. The highest BCUT2D eigenvalue weighted by Crippen LogP contribution is 2.45. The van der Waals surface area contributed by atoms with Crippen molar-refractivity contribution < 1.29 is 18.7 Å². The maximum Gasteiger partial charge on any atom is 0.249 e. The smallest absolute Gasteiger partial charge is 0.249 e. The van der Waals surface area contributed by atoms with Crippen LogP contribution in [-0.4, -0.2) is 53.5 Å². The highest BCUT2D eigenvalue weighted by Gasteiger charge is 2.52. The molecule has 0 N–H and O–H groups in total. The molecule has 32 heavy (non-hydrogen) atoms. The Morgan fingerprint density at radius 1 is 0.969 bits per heavy atom. The zero-order valence-electron chi connectivity index (χ0n) is 18.3. The maximum atomic E-state index is 14.7. The summed E-state index contributed by atoms with van der Waals surface area (Å²) in [6.07, 6.45) is 3.89. The standard InChI is InChI=1S/C26H29FN2O3/c27-22-11-5-4-10-21(22)26(12-6-7-13-26)24(31)28-15-14-25(18-28)19-29(23(30)17-32-25)16-20-8-2-1-3-9-20/h1-5,8-11H,6-7,12-19H2. The number of carbonyl (C=O) groups is 2. The number of likely N-dealkylation sites (tertiary alicyclic amines) is 1. The van der Waals surface area contributed by atoms with Gasteiger partial charge in [0.25, 0.3) is 0 Å². The van der Waals surface area contributed by atoms with Gasteiger partial charge in [0.2, 0.25) is 11.8 Å². The van der Waals surface area contributed by atoms with E-state index >= 15 is 0 Å². The van der Waals surface area contributed by atoms with Gasteiger partial charge in [0.05, 0.1) is 18.5 Å². The Balaban J connectivity index is 1.34. The topological polar surface area (TPSA) is 49.9 Å². The Morgan fingerprint density at radius 2 is 1.69 bits per heavy atom. The van der Waals surface area contributed by atoms with Gasteiger partial charge in [-0.15, -0.1) is 0 Å². The van der Waals surface area contributed by atoms with Crippen LogP contribution in [-0.2, 0) is 26.3 Å². The van der Waals surface area contributed by atoms with Gasteiger partial charge >= 0.3 is 0 Å². The van der Waals surface area contributed by atoms with Crippen molar-refractivity contribution in [1.29, 1.82) is 0 Å². The van der Waals surface area contributed by atoms with Gasteiger partial charge in [0, 0.05) is 18.7 Å². The van der Waals surface area contributed by atoms with E-state index in [1.807, 2.05) is 46.2 Å². The number of amides is 2. The van der Waals surface area contributed by atoms with Gasteiger partial charge in [-0.25, -0.2) is 4.39 Å². The van der Waals surface area contributed by atoms with E-state index in [-0.39, 0.29) is 24.2 Å². The molecule has 2 saturated heterocycles. The summed E-state index contributed by atoms with van der Waals surface area (Å²) >= 11 is 0. The number of morpholine rings is 1. The predicted octanol–water partition coefficient (Wildman–Crippen LogP) is 3.67. The molecular formula is C26H29FN2O3. The van der Waals surface area contributed by atoms with Crippen LogP contribution in [0.15, 0.2) is 54.6 Å². The van der Waals surface area contributed by atoms with Crippen LogP contribution in [0.5, 0.6) is 0 Å². The second kappa shape index (κ2) is 8.32. The van der Waals surface area contributed by atoms with E-state index in [2.05, 4.69) is 0 Å². The Kier molecular flexibility index (Phi) is 5.49. The number of hydrogen-bond donors (Lipinski definition) is 0. The molecule has 2 aromatic rings. The number of carbonyl (C=O) groups excluding carboxylic acids is 2. The van der Waals surface area contributed by atoms with Gasteiger partial charge in [-0.2, -0.15) is 0 Å². The molecule has 1 unspecified atom stereocenters. The van der Waals surface area contributed by atoms with Crippen molar-refractivity contribution in [3.05, 3.63) is 71.5 Å². The maximum absolute atomic E-state index is 14.7. The van der Waals surface area contributed by atoms with Crippen molar-refractivity contribution in [3.8, 4) is 0 Å². The van der Waals surface area contributed by atoms with Crippen LogP contribution >= 0.6 is 0 Å². The van der Waals surface area contributed by atoms with Gasteiger partial charge < -0.3 is 14.5 Å². The first-order valence-electron chi connectivity index (χ1n) is 11.5. The Labute approximate surface area is 188 Å². The number of nitrogens with zero attached hydrogens (tertiary/aromatic N) is 2. The molecule has 3 fully saturated rings. The average molecular weight is 437 g/mol. The minimum atomic E-state index is -0.787. The molecule has 3 aliphatic rings. The number of benzene rings is 2. The van der Waals surface area contributed by atoms with E-state index in [4.69, 9.17) is 4.74 Å². The number of rotatable bonds is 4. The number of ether oxygens (including phenoxy) is 1. The van der Waals surface area contributed by atoms with Crippen LogP contribution in [0.2, 0.25) is 0 Å². The predicted molar refractivity (Wildman–Crippen MR) is 118 cm³/mol. The van der Waals surface area contributed by atoms with Crippen molar-refractivity contribution in [3.63, 3.8) is 0 Å². The third-order valence-electron chi connectivity index (χ3n) is 7.41. The fourth-order valence-electron chi connectivity index (χ4n) is 5.73. The Morgan fingerprint density at radius 3 is 2.44 bits per heavy atom. The van der Waals surface area contributed by atoms with E-state index < -0.39 is 11.0 Å². The van der Waals surface area contributed by atoms with Crippen LogP contribution in [0.3, 0.4) is 0 Å². The largest absolute Gasteiger partial charge is 0.361 e. The number of halogens is 1. The first-order chi connectivity index (χ1) is 15.5. The van der Waals surface area contributed by atoms with Crippen molar-refractivity contribution in [1.82, 2.24) is 9.80 Å². The molecule has 6 heteroatoms. The minimum absolute atomic E-state index is 0.00656. The van der Waals surface area contributed by atoms with Crippen LogP contribution in [0.25, 0.3) is 0 Å². The summed E-state index contributed by atoms with van der Waals surface area (Å²) in [5.74, 6) is -0.319. The molecule has 2 heterocycles. The molecule has 5 rings (SSSR count). The van der Waals surface area contributed by atoms with E-state index in [0.29, 0.717) is 51.0 Å². The van der Waals surface area contributed by atoms with E-state index in [9.17, 15) is 14.0 Å². The molecule has 0 radical (unpaired) electrons. The normalized spacial score (nSPS) is 25.0. The lowest BCUT2D eigenvalue weighted by atomic mass is 9.77. The first-order valence-corrected chi connectivity index (χ1v) is 11.5. The lowest BCUT2D eigenvalue weighted by Crippen LogP contribution is -2.56. The molecule has 1 atom stereocenters. The van der Waals surface area contributed by atoms with Gasteiger partial charge in [-0.1, -0.05) is 61.4 Å². The monoisotopic (exact) mass is 436 g/mol. The Bertz CT molecular complexity index is 1010. The molecule has 2 aliphatic heterocycles. The molecule has 0 bridgehead atoms. The van der Waals surface area contributed by atoms with Crippen molar-refractivity contribution in [2.24, 2.45) is 0 Å². The molecule has 0 aromatic heterocycles. The lowest BCUT2D eigenvalue weighted by molar-refractivity contribution is -0.163. The second-order valence-corrected chi connectivity index (χ2v) is 9.45. The van der Waals surface area contributed by atoms with E-state index in [0.717, 1.165) is 18.4 Å². The summed E-state index contributed by atoms with van der Waals surface area (Å²) in [5, 5.41) is 0. The van der Waals surface area contributed by atoms with Crippen LogP contribution in [0.1, 0.15) is 43.2 Å². The molecule has 5 nitrogen and oxygen atoms in total. The summed E-state index contributed by atoms with van der Waals surface area (Å²) in [7, 11) is 0. The second-order valence-electron chi connectivity index (χ2n) is 9.45. The molecular weight excluding hydrogens is 407 g/mol. The van der Waals surface area contributed by atoms with Gasteiger partial charge in [-0.3, -0.25) is 9.59 Å². The van der Waals surface area contributed by atoms with E-state index in [1.54, 1.807) is 12.1 Å². The first kappa shape index (κ1) is 21.1. The average Bonchev–Trinajstić information content (AvgIpc) is 3.46. The highest BCUT2D eigenvalue weighted by atomic mass is 19.1. The molecule has 1 aliphatic carbocycles. The molecule has 1 spiro atoms. The summed E-state index contributed by atoms with van der Waals surface area (Å²) in [4.78, 5) is 30.0. The summed E-state index contributed by atoms with van der Waals surface area (Å²) < 4.78 is 20.8. The zero-order chi connectivity index (χ0) is 22.2. The summed E-state index contributed by atoms with van der Waals surface area (Å²) in [5.41, 5.74) is 0.264. The lowest BCUT2D eigenvalue weighted by Gasteiger charge is -2.40. The molecule has 1 saturated carbocycles. The molecule has 2 amide bonds. The van der Waals surface area contributed by atoms with Crippen LogP contribution < -0.4 is 0 Å². The van der Waals surface area contributed by atoms with Gasteiger partial charge in [0.15, 0.2) is 0 Å². The van der Waals surface area contributed by atoms with E-state index in [1.165, 1.54) is 6.07 Å². The molecule has 168 valence electrons. The van der Waals surface area contributed by atoms with Crippen LogP contribution in [0, 0.1) is 5.82 Å². The van der Waals surface area contributed by atoms with Gasteiger partial charge in [-0.05, 0) is 30.9 Å². The van der Waals surface area contributed by atoms with Crippen LogP contribution in [0.4, 0.5) is 4.39 Å². The summed E-state index contributed by atoms with van der Waals surface area (Å²) in [6, 6.07) is 16.6. The van der Waals surface area contributed by atoms with Crippen molar-refractivity contribution >= 4 is 11.8 Å². The number of hydrogen-bond acceptors (Lipinski definition) is 3. The SMILES string of the molecule is O=C1COC2(CCN(C(=O)C3(c4ccccc4F)CCCC3)C2)CN1Cc1ccccc1. The minimum Gasteiger partial charge on any atom is -0.361 e.